The fourth-order valence-electron chi connectivity index (χ4n) is 0.836. The molecule has 0 unspecified atom stereocenters. The number of anilines is 1. The molecule has 0 saturated heterocycles. The summed E-state index contributed by atoms with van der Waals surface area (Å²) in [6, 6.07) is 2.22. The predicted octanol–water partition coefficient (Wildman–Crippen LogP) is 1.94. The van der Waals surface area contributed by atoms with Gasteiger partial charge in [-0.3, -0.25) is 0 Å². The van der Waals surface area contributed by atoms with Crippen molar-refractivity contribution in [1.29, 1.82) is 0 Å². The first-order valence-electron chi connectivity index (χ1n) is 4.26. The minimum absolute atomic E-state index is 0.0813. The highest BCUT2D eigenvalue weighted by atomic mass is 19.4. The summed E-state index contributed by atoms with van der Waals surface area (Å²) in [7, 11) is 0. The molecule has 3 N–H and O–H groups in total. The van der Waals surface area contributed by atoms with Crippen LogP contribution >= 0.6 is 0 Å². The van der Waals surface area contributed by atoms with E-state index < -0.39 is 18.7 Å². The Morgan fingerprint density at radius 1 is 1.29 bits per heavy atom. The quantitative estimate of drug-likeness (QED) is 0.491. The van der Waals surface area contributed by atoms with E-state index in [-0.39, 0.29) is 11.6 Å². The Kier molecular flexibility index (Phi) is 3.71. The molecule has 0 aliphatic heterocycles. The number of alkyl halides is 5. The van der Waals surface area contributed by atoms with E-state index in [1.807, 2.05) is 0 Å². The van der Waals surface area contributed by atoms with Gasteiger partial charge in [0.2, 0.25) is 0 Å². The van der Waals surface area contributed by atoms with E-state index in [1.54, 1.807) is 0 Å². The Morgan fingerprint density at radius 3 is 2.47 bits per heavy atom. The first-order valence-corrected chi connectivity index (χ1v) is 4.26. The van der Waals surface area contributed by atoms with Crippen molar-refractivity contribution < 1.29 is 26.7 Å². The van der Waals surface area contributed by atoms with E-state index >= 15 is 0 Å². The molecule has 9 heteroatoms. The summed E-state index contributed by atoms with van der Waals surface area (Å²) in [5.74, 6) is -0.0524. The molecule has 0 fully saturated rings. The number of nitrogens with one attached hydrogen (secondary N) is 1. The largest absolute Gasteiger partial charge is 0.487 e. The zero-order valence-corrected chi connectivity index (χ0v) is 8.26. The normalized spacial score (nSPS) is 12.4. The van der Waals surface area contributed by atoms with Crippen LogP contribution in [0.15, 0.2) is 18.3 Å². The maximum absolute atomic E-state index is 12.5. The van der Waals surface area contributed by atoms with Gasteiger partial charge in [-0.25, -0.2) is 10.8 Å². The highest BCUT2D eigenvalue weighted by Gasteiger charge is 2.58. The van der Waals surface area contributed by atoms with Crippen molar-refractivity contribution in [3.63, 3.8) is 0 Å². The Balaban J connectivity index is 2.67. The third-order valence-electron chi connectivity index (χ3n) is 1.71. The summed E-state index contributed by atoms with van der Waals surface area (Å²) in [5, 5.41) is 0. The SMILES string of the molecule is NNc1cc(OCC(F)(F)C(F)(F)F)ccn1. The van der Waals surface area contributed by atoms with Gasteiger partial charge in [-0.15, -0.1) is 0 Å². The maximum atomic E-state index is 12.5. The van der Waals surface area contributed by atoms with E-state index in [4.69, 9.17) is 5.84 Å². The Hall–Kier alpha value is -1.64. The topological polar surface area (TPSA) is 60.2 Å². The molecule has 1 heterocycles. The monoisotopic (exact) mass is 257 g/mol. The van der Waals surface area contributed by atoms with Crippen LogP contribution in [-0.2, 0) is 0 Å². The van der Waals surface area contributed by atoms with Crippen molar-refractivity contribution in [1.82, 2.24) is 4.98 Å². The van der Waals surface area contributed by atoms with E-state index in [0.717, 1.165) is 18.3 Å². The Morgan fingerprint density at radius 2 is 1.94 bits per heavy atom. The summed E-state index contributed by atoms with van der Waals surface area (Å²) in [5.41, 5.74) is 2.09. The summed E-state index contributed by atoms with van der Waals surface area (Å²) in [6.07, 6.45) is -4.49. The van der Waals surface area contributed by atoms with Gasteiger partial charge in [0, 0.05) is 12.3 Å². The molecule has 0 aliphatic carbocycles. The molecule has 0 spiro atoms. The molecule has 0 saturated carbocycles. The number of rotatable bonds is 4. The number of aromatic nitrogens is 1. The molecule has 1 aromatic heterocycles. The molecular formula is C8H8F5N3O. The summed E-state index contributed by atoms with van der Waals surface area (Å²) in [6.45, 7) is -1.80. The predicted molar refractivity (Wildman–Crippen MR) is 48.5 cm³/mol. The lowest BCUT2D eigenvalue weighted by Crippen LogP contribution is -2.41. The molecule has 17 heavy (non-hydrogen) atoms. The highest BCUT2D eigenvalue weighted by Crippen LogP contribution is 2.35. The molecule has 0 aliphatic rings. The standard InChI is InChI=1S/C8H8F5N3O/c9-7(10,8(11,12)13)4-17-5-1-2-15-6(3-5)16-14/h1-3H,4,14H2,(H,15,16). The number of hydrogen-bond donors (Lipinski definition) is 2. The lowest BCUT2D eigenvalue weighted by atomic mass is 10.3. The smallest absolute Gasteiger partial charge is 0.456 e. The number of hydrazine groups is 1. The molecule has 1 aromatic rings. The minimum Gasteiger partial charge on any atom is -0.487 e. The van der Waals surface area contributed by atoms with Crippen LogP contribution in [-0.4, -0.2) is 23.7 Å². The fraction of sp³-hybridized carbons (Fsp3) is 0.375. The number of nitrogens with two attached hydrogens (primary N) is 1. The minimum atomic E-state index is -5.64. The van der Waals surface area contributed by atoms with Crippen LogP contribution in [0.5, 0.6) is 5.75 Å². The van der Waals surface area contributed by atoms with Crippen molar-refractivity contribution in [3.8, 4) is 5.75 Å². The van der Waals surface area contributed by atoms with E-state index in [1.165, 1.54) is 0 Å². The van der Waals surface area contributed by atoms with E-state index in [0.29, 0.717) is 0 Å². The third-order valence-corrected chi connectivity index (χ3v) is 1.71. The van der Waals surface area contributed by atoms with Crippen LogP contribution in [0, 0.1) is 0 Å². The summed E-state index contributed by atoms with van der Waals surface area (Å²) < 4.78 is 64.7. The molecule has 0 radical (unpaired) electrons. The van der Waals surface area contributed by atoms with Crippen molar-refractivity contribution in [2.45, 2.75) is 12.1 Å². The maximum Gasteiger partial charge on any atom is 0.456 e. The second kappa shape index (κ2) is 4.70. The van der Waals surface area contributed by atoms with Gasteiger partial charge in [-0.1, -0.05) is 0 Å². The molecule has 1 rings (SSSR count). The van der Waals surface area contributed by atoms with Gasteiger partial charge in [0.15, 0.2) is 6.61 Å². The van der Waals surface area contributed by atoms with Crippen LogP contribution in [0.4, 0.5) is 27.8 Å². The molecule has 0 atom stereocenters. The number of ether oxygens (including phenoxy) is 1. The van der Waals surface area contributed by atoms with Crippen molar-refractivity contribution in [2.75, 3.05) is 12.0 Å². The zero-order valence-electron chi connectivity index (χ0n) is 8.26. The second-order valence-corrected chi connectivity index (χ2v) is 3.01. The number of halogens is 5. The molecule has 96 valence electrons. The molecule has 4 nitrogen and oxygen atoms in total. The molecule has 0 bridgehead atoms. The van der Waals surface area contributed by atoms with Gasteiger partial charge in [0.25, 0.3) is 0 Å². The molecule has 0 amide bonds. The number of nitrogen functional groups attached to an aromatic ring is 1. The highest BCUT2D eigenvalue weighted by molar-refractivity contribution is 5.39. The lowest BCUT2D eigenvalue weighted by molar-refractivity contribution is -0.290. The van der Waals surface area contributed by atoms with Crippen LogP contribution < -0.4 is 16.0 Å². The average Bonchev–Trinajstić information content (AvgIpc) is 2.25. The molecule has 0 aromatic carbocycles. The number of hydrogen-bond acceptors (Lipinski definition) is 4. The average molecular weight is 257 g/mol. The van der Waals surface area contributed by atoms with Crippen LogP contribution in [0.3, 0.4) is 0 Å². The van der Waals surface area contributed by atoms with Gasteiger partial charge < -0.3 is 10.2 Å². The number of pyridine rings is 1. The third kappa shape index (κ3) is 3.41. The van der Waals surface area contributed by atoms with Crippen LogP contribution in [0.25, 0.3) is 0 Å². The van der Waals surface area contributed by atoms with Gasteiger partial charge >= 0.3 is 12.1 Å². The van der Waals surface area contributed by atoms with Gasteiger partial charge in [-0.2, -0.15) is 22.0 Å². The second-order valence-electron chi connectivity index (χ2n) is 3.01. The van der Waals surface area contributed by atoms with Crippen molar-refractivity contribution in [2.24, 2.45) is 5.84 Å². The van der Waals surface area contributed by atoms with Crippen LogP contribution in [0.1, 0.15) is 0 Å². The summed E-state index contributed by atoms with van der Waals surface area (Å²) >= 11 is 0. The zero-order chi connectivity index (χ0) is 13.1. The first-order chi connectivity index (χ1) is 7.76. The first kappa shape index (κ1) is 13.4. The summed E-state index contributed by atoms with van der Waals surface area (Å²) in [4.78, 5) is 3.63. The lowest BCUT2D eigenvalue weighted by Gasteiger charge is -2.19. The Labute approximate surface area is 92.5 Å². The van der Waals surface area contributed by atoms with Crippen molar-refractivity contribution >= 4 is 5.82 Å². The van der Waals surface area contributed by atoms with Gasteiger partial charge in [-0.05, 0) is 6.07 Å². The Bertz CT molecular complexity index is 382. The van der Waals surface area contributed by atoms with E-state index in [9.17, 15) is 22.0 Å². The van der Waals surface area contributed by atoms with Gasteiger partial charge in [0.1, 0.15) is 11.6 Å². The van der Waals surface area contributed by atoms with Crippen LogP contribution in [0.2, 0.25) is 0 Å². The molecular weight excluding hydrogens is 249 g/mol. The van der Waals surface area contributed by atoms with Crippen molar-refractivity contribution in [3.05, 3.63) is 18.3 Å². The van der Waals surface area contributed by atoms with E-state index in [2.05, 4.69) is 15.1 Å². The fourth-order valence-corrected chi connectivity index (χ4v) is 0.836. The van der Waals surface area contributed by atoms with Gasteiger partial charge in [0.05, 0.1) is 0 Å². The number of nitrogens with zero attached hydrogens (tertiary/aromatic N) is 1.